The minimum atomic E-state index is -1.50. The third-order valence-electron chi connectivity index (χ3n) is 4.92. The third kappa shape index (κ3) is 3.28. The molecule has 2 aromatic carbocycles. The van der Waals surface area contributed by atoms with E-state index in [1.165, 1.54) is 18.2 Å². The van der Waals surface area contributed by atoms with Gasteiger partial charge >= 0.3 is 5.97 Å². The molecular weight excluding hydrogens is 371 g/mol. The minimum Gasteiger partial charge on any atom is -0.465 e. The number of rotatable bonds is 4. The highest BCUT2D eigenvalue weighted by Crippen LogP contribution is 2.40. The Hall–Kier alpha value is -2.53. The molecule has 1 aliphatic carbocycles. The monoisotopic (exact) mass is 388 g/mol. The van der Waals surface area contributed by atoms with Crippen molar-refractivity contribution in [2.24, 2.45) is 5.92 Å². The van der Waals surface area contributed by atoms with Gasteiger partial charge in [-0.2, -0.15) is 0 Å². The molecule has 0 aromatic heterocycles. The first-order chi connectivity index (χ1) is 12.8. The fraction of sp³-hybridized carbons (Fsp3) is 0.286. The molecule has 27 heavy (non-hydrogen) atoms. The number of fused-ring (bicyclic) bond motifs is 1. The number of hydrogen-bond donors (Lipinski definition) is 0. The zero-order valence-electron chi connectivity index (χ0n) is 14.9. The quantitative estimate of drug-likeness (QED) is 0.588. The normalized spacial score (nSPS) is 21.7. The van der Waals surface area contributed by atoms with Crippen LogP contribution in [0.5, 0.6) is 0 Å². The molecule has 0 bridgehead atoms. The van der Waals surface area contributed by atoms with Crippen molar-refractivity contribution in [3.05, 3.63) is 70.0 Å². The average molecular weight is 389 g/mol. The molecule has 140 valence electrons. The first-order valence-corrected chi connectivity index (χ1v) is 8.96. The summed E-state index contributed by atoms with van der Waals surface area (Å²) >= 11 is 5.87. The molecule has 6 heteroatoms. The summed E-state index contributed by atoms with van der Waals surface area (Å²) in [4.78, 5) is 38.4. The summed E-state index contributed by atoms with van der Waals surface area (Å²) in [6.07, 6.45) is 0.173. The zero-order valence-corrected chi connectivity index (χ0v) is 15.7. The van der Waals surface area contributed by atoms with Gasteiger partial charge in [0.15, 0.2) is 17.5 Å². The molecule has 0 heterocycles. The van der Waals surface area contributed by atoms with Gasteiger partial charge in [0.05, 0.1) is 17.0 Å². The maximum Gasteiger partial charge on any atom is 0.324 e. The second-order valence-electron chi connectivity index (χ2n) is 6.72. The van der Waals surface area contributed by atoms with Gasteiger partial charge in [-0.3, -0.25) is 14.4 Å². The van der Waals surface area contributed by atoms with Gasteiger partial charge in [0.25, 0.3) is 0 Å². The Morgan fingerprint density at radius 2 is 1.93 bits per heavy atom. The fourth-order valence-electron chi connectivity index (χ4n) is 3.58. The van der Waals surface area contributed by atoms with Crippen LogP contribution in [-0.2, 0) is 26.2 Å². The second kappa shape index (κ2) is 7.24. The first kappa shape index (κ1) is 19.2. The summed E-state index contributed by atoms with van der Waals surface area (Å²) in [5.74, 6) is -3.97. The minimum absolute atomic E-state index is 0.0503. The summed E-state index contributed by atoms with van der Waals surface area (Å²) in [5.41, 5.74) is 0.346. The van der Waals surface area contributed by atoms with Crippen LogP contribution in [0.4, 0.5) is 4.39 Å². The van der Waals surface area contributed by atoms with E-state index in [1.807, 2.05) is 0 Å². The predicted octanol–water partition coefficient (Wildman–Crippen LogP) is 3.92. The lowest BCUT2D eigenvalue weighted by Crippen LogP contribution is -2.50. The van der Waals surface area contributed by atoms with Crippen LogP contribution in [0.15, 0.2) is 42.5 Å². The van der Waals surface area contributed by atoms with Gasteiger partial charge in [0, 0.05) is 5.56 Å². The largest absolute Gasteiger partial charge is 0.465 e. The van der Waals surface area contributed by atoms with Crippen molar-refractivity contribution in [1.82, 2.24) is 0 Å². The highest BCUT2D eigenvalue weighted by molar-refractivity contribution is 6.31. The van der Waals surface area contributed by atoms with Gasteiger partial charge in [-0.05, 0) is 43.5 Å². The Morgan fingerprint density at radius 3 is 2.59 bits per heavy atom. The van der Waals surface area contributed by atoms with Crippen molar-refractivity contribution >= 4 is 29.1 Å². The Kier molecular flexibility index (Phi) is 5.16. The molecule has 4 nitrogen and oxygen atoms in total. The Bertz CT molecular complexity index is 940. The number of carbonyl (C=O) groups is 3. The van der Waals surface area contributed by atoms with Crippen LogP contribution in [0, 0.1) is 11.7 Å². The number of esters is 1. The van der Waals surface area contributed by atoms with Gasteiger partial charge in [-0.15, -0.1) is 0 Å². The van der Waals surface area contributed by atoms with Crippen molar-refractivity contribution in [2.75, 3.05) is 6.61 Å². The van der Waals surface area contributed by atoms with Crippen LogP contribution in [0.2, 0.25) is 5.02 Å². The maximum absolute atomic E-state index is 13.5. The van der Waals surface area contributed by atoms with Gasteiger partial charge in [-0.1, -0.05) is 41.9 Å². The number of ketones is 2. The highest BCUT2D eigenvalue weighted by atomic mass is 35.5. The lowest BCUT2D eigenvalue weighted by atomic mass is 9.63. The Morgan fingerprint density at radius 1 is 1.22 bits per heavy atom. The molecule has 0 fully saturated rings. The first-order valence-electron chi connectivity index (χ1n) is 8.58. The molecule has 2 atom stereocenters. The maximum atomic E-state index is 13.5. The van der Waals surface area contributed by atoms with E-state index >= 15 is 0 Å². The number of benzene rings is 2. The molecule has 3 rings (SSSR count). The summed E-state index contributed by atoms with van der Waals surface area (Å²) in [5, 5.41) is -0.0503. The number of carbonyl (C=O) groups excluding carboxylic acids is 3. The van der Waals surface area contributed by atoms with Gasteiger partial charge in [0.2, 0.25) is 0 Å². The van der Waals surface area contributed by atoms with Crippen molar-refractivity contribution in [2.45, 2.75) is 25.7 Å². The van der Waals surface area contributed by atoms with Crippen LogP contribution < -0.4 is 0 Å². The molecule has 0 saturated carbocycles. The fourth-order valence-corrected chi connectivity index (χ4v) is 3.79. The average Bonchev–Trinajstić information content (AvgIpc) is 2.64. The second-order valence-corrected chi connectivity index (χ2v) is 7.12. The molecular formula is C21H18ClFO4. The van der Waals surface area contributed by atoms with Gasteiger partial charge in [0.1, 0.15) is 5.82 Å². The van der Waals surface area contributed by atoms with Crippen LogP contribution in [0.1, 0.15) is 35.3 Å². The van der Waals surface area contributed by atoms with Crippen LogP contribution in [-0.4, -0.2) is 24.1 Å². The Labute approximate surface area is 161 Å². The van der Waals surface area contributed by atoms with E-state index in [0.29, 0.717) is 16.7 Å². The van der Waals surface area contributed by atoms with Crippen LogP contribution >= 0.6 is 11.6 Å². The molecule has 2 aromatic rings. The molecule has 1 aliphatic rings. The number of halogens is 2. The SMILES string of the molecule is CCOC(=O)C1C(=O)c2ccccc2C(C)(Cc2ccc(F)c(Cl)c2)C1=O. The van der Waals surface area contributed by atoms with Crippen molar-refractivity contribution in [3.63, 3.8) is 0 Å². The number of Topliss-reactive ketones (excluding diaryl/α,β-unsaturated/α-hetero) is 2. The summed E-state index contributed by atoms with van der Waals surface area (Å²) in [7, 11) is 0. The summed E-state index contributed by atoms with van der Waals surface area (Å²) in [6, 6.07) is 11.0. The van der Waals surface area contributed by atoms with Gasteiger partial charge in [-0.25, -0.2) is 4.39 Å². The van der Waals surface area contributed by atoms with Gasteiger partial charge < -0.3 is 4.74 Å². The highest BCUT2D eigenvalue weighted by Gasteiger charge is 2.52. The molecule has 0 N–H and O–H groups in total. The van der Waals surface area contributed by atoms with E-state index in [1.54, 1.807) is 38.1 Å². The predicted molar refractivity (Wildman–Crippen MR) is 98.4 cm³/mol. The van der Waals surface area contributed by atoms with E-state index in [-0.39, 0.29) is 18.1 Å². The van der Waals surface area contributed by atoms with E-state index in [0.717, 1.165) is 0 Å². The molecule has 0 saturated heterocycles. The smallest absolute Gasteiger partial charge is 0.324 e. The summed E-state index contributed by atoms with van der Waals surface area (Å²) < 4.78 is 18.5. The number of ether oxygens (including phenoxy) is 1. The molecule has 0 radical (unpaired) electrons. The molecule has 0 amide bonds. The Balaban J connectivity index is 2.12. The van der Waals surface area contributed by atoms with E-state index in [9.17, 15) is 18.8 Å². The van der Waals surface area contributed by atoms with Crippen LogP contribution in [0.3, 0.4) is 0 Å². The lowest BCUT2D eigenvalue weighted by Gasteiger charge is -2.37. The van der Waals surface area contributed by atoms with Crippen molar-refractivity contribution in [3.8, 4) is 0 Å². The molecule has 0 spiro atoms. The third-order valence-corrected chi connectivity index (χ3v) is 5.21. The van der Waals surface area contributed by atoms with Crippen molar-refractivity contribution < 1.29 is 23.5 Å². The molecule has 0 aliphatic heterocycles. The lowest BCUT2D eigenvalue weighted by molar-refractivity contribution is -0.151. The molecule has 2 unspecified atom stereocenters. The number of hydrogen-bond acceptors (Lipinski definition) is 4. The topological polar surface area (TPSA) is 60.4 Å². The van der Waals surface area contributed by atoms with Crippen LogP contribution in [0.25, 0.3) is 0 Å². The van der Waals surface area contributed by atoms with E-state index in [2.05, 4.69) is 0 Å². The van der Waals surface area contributed by atoms with E-state index < -0.39 is 34.7 Å². The summed E-state index contributed by atoms with van der Waals surface area (Å²) in [6.45, 7) is 3.37. The van der Waals surface area contributed by atoms with E-state index in [4.69, 9.17) is 16.3 Å². The van der Waals surface area contributed by atoms with Crippen molar-refractivity contribution in [1.29, 1.82) is 0 Å². The zero-order chi connectivity index (χ0) is 19.8. The standard InChI is InChI=1S/C21H18ClFO4/c1-3-27-20(26)17-18(24)13-6-4-5-7-14(13)21(2,19(17)25)11-12-8-9-16(23)15(22)10-12/h4-10,17H,3,11H2,1-2H3.